The summed E-state index contributed by atoms with van der Waals surface area (Å²) in [7, 11) is 0. The molecule has 0 radical (unpaired) electrons. The number of hydrogen-bond acceptors (Lipinski definition) is 4. The van der Waals surface area contributed by atoms with Crippen LogP contribution < -0.4 is 5.32 Å². The van der Waals surface area contributed by atoms with Crippen molar-refractivity contribution in [2.45, 2.75) is 83.0 Å². The van der Waals surface area contributed by atoms with Gasteiger partial charge in [-0.1, -0.05) is 50.4 Å². The standard InChI is InChI=1S/C26H37ClN2O4/c1-25(2)16-29(14-13-26(25,33)18-8-10-19(27)11-9-18)24(32)21-5-3-4-6-22(21)28-23(31)17-7-12-20(30)15-17/h8-11,17,20-22,30,33H,3-7,12-16H2,1-2H3,(H,28,31)/t17-,20+,21-,22+,26-/m0/s1. The number of aliphatic hydroxyl groups is 2. The molecule has 182 valence electrons. The lowest BCUT2D eigenvalue weighted by Gasteiger charge is -2.51. The number of benzene rings is 1. The third-order valence-electron chi connectivity index (χ3n) is 8.27. The molecule has 0 unspecified atom stereocenters. The fourth-order valence-corrected chi connectivity index (χ4v) is 6.23. The van der Waals surface area contributed by atoms with E-state index in [2.05, 4.69) is 5.32 Å². The smallest absolute Gasteiger partial charge is 0.227 e. The molecule has 1 aliphatic heterocycles. The zero-order chi connectivity index (χ0) is 23.8. The van der Waals surface area contributed by atoms with Gasteiger partial charge in [-0.15, -0.1) is 0 Å². The number of rotatable bonds is 4. The molecule has 2 aliphatic carbocycles. The maximum atomic E-state index is 13.6. The molecule has 4 rings (SSSR count). The average molecular weight is 477 g/mol. The Hall–Kier alpha value is -1.63. The number of aliphatic hydroxyl groups excluding tert-OH is 1. The number of piperidine rings is 1. The Labute approximate surface area is 201 Å². The third kappa shape index (κ3) is 4.94. The van der Waals surface area contributed by atoms with Crippen LogP contribution in [0.5, 0.6) is 0 Å². The van der Waals surface area contributed by atoms with Crippen molar-refractivity contribution in [3.05, 3.63) is 34.9 Å². The van der Waals surface area contributed by atoms with Gasteiger partial charge < -0.3 is 20.4 Å². The highest BCUT2D eigenvalue weighted by Gasteiger charge is 2.50. The van der Waals surface area contributed by atoms with Crippen LogP contribution in [0.4, 0.5) is 0 Å². The molecule has 0 spiro atoms. The lowest BCUT2D eigenvalue weighted by atomic mass is 9.66. The average Bonchev–Trinajstić information content (AvgIpc) is 3.22. The predicted octanol–water partition coefficient (Wildman–Crippen LogP) is 3.62. The van der Waals surface area contributed by atoms with Gasteiger partial charge in [-0.2, -0.15) is 0 Å². The van der Waals surface area contributed by atoms with Gasteiger partial charge in [0.2, 0.25) is 11.8 Å². The molecular weight excluding hydrogens is 440 g/mol. The van der Waals surface area contributed by atoms with E-state index in [0.717, 1.165) is 31.2 Å². The summed E-state index contributed by atoms with van der Waals surface area (Å²) in [6, 6.07) is 7.17. The van der Waals surface area contributed by atoms with E-state index in [-0.39, 0.29) is 35.8 Å². The number of amides is 2. The molecule has 7 heteroatoms. The van der Waals surface area contributed by atoms with Crippen molar-refractivity contribution < 1.29 is 19.8 Å². The Bertz CT molecular complexity index is 874. The molecule has 1 heterocycles. The van der Waals surface area contributed by atoms with Gasteiger partial charge in [0.1, 0.15) is 0 Å². The number of carbonyl (C=O) groups excluding carboxylic acids is 2. The molecule has 2 saturated carbocycles. The first-order valence-corrected chi connectivity index (χ1v) is 12.7. The van der Waals surface area contributed by atoms with Crippen LogP contribution in [0.2, 0.25) is 5.02 Å². The summed E-state index contributed by atoms with van der Waals surface area (Å²) in [4.78, 5) is 28.3. The molecule has 1 aromatic rings. The largest absolute Gasteiger partial charge is 0.393 e. The van der Waals surface area contributed by atoms with E-state index >= 15 is 0 Å². The van der Waals surface area contributed by atoms with E-state index in [1.54, 1.807) is 12.1 Å². The van der Waals surface area contributed by atoms with E-state index in [9.17, 15) is 19.8 Å². The van der Waals surface area contributed by atoms with Crippen molar-refractivity contribution in [3.8, 4) is 0 Å². The van der Waals surface area contributed by atoms with Gasteiger partial charge in [-0.05, 0) is 56.2 Å². The Balaban J connectivity index is 1.44. The molecule has 3 aliphatic rings. The second-order valence-corrected chi connectivity index (χ2v) is 11.4. The van der Waals surface area contributed by atoms with Crippen LogP contribution >= 0.6 is 11.6 Å². The van der Waals surface area contributed by atoms with Crippen LogP contribution in [-0.4, -0.2) is 52.2 Å². The summed E-state index contributed by atoms with van der Waals surface area (Å²) in [6.45, 7) is 4.95. The van der Waals surface area contributed by atoms with Crippen LogP contribution in [0.25, 0.3) is 0 Å². The minimum absolute atomic E-state index is 0.0210. The summed E-state index contributed by atoms with van der Waals surface area (Å²) in [6.07, 6.45) is 5.53. The van der Waals surface area contributed by atoms with E-state index in [0.29, 0.717) is 43.8 Å². The topological polar surface area (TPSA) is 89.9 Å². The normalized spacial score (nSPS) is 34.2. The van der Waals surface area contributed by atoms with Crippen molar-refractivity contribution in [3.63, 3.8) is 0 Å². The Morgan fingerprint density at radius 1 is 1.09 bits per heavy atom. The molecular formula is C26H37ClN2O4. The Morgan fingerprint density at radius 3 is 2.42 bits per heavy atom. The Morgan fingerprint density at radius 2 is 1.79 bits per heavy atom. The van der Waals surface area contributed by atoms with Gasteiger partial charge >= 0.3 is 0 Å². The van der Waals surface area contributed by atoms with Crippen LogP contribution in [0.15, 0.2) is 24.3 Å². The van der Waals surface area contributed by atoms with Crippen molar-refractivity contribution in [2.75, 3.05) is 13.1 Å². The predicted molar refractivity (Wildman–Crippen MR) is 128 cm³/mol. The zero-order valence-electron chi connectivity index (χ0n) is 19.7. The molecule has 2 amide bonds. The number of nitrogens with zero attached hydrogens (tertiary/aromatic N) is 1. The van der Waals surface area contributed by atoms with Gasteiger partial charge in [0.15, 0.2) is 0 Å². The molecule has 6 nitrogen and oxygen atoms in total. The quantitative estimate of drug-likeness (QED) is 0.619. The molecule has 3 fully saturated rings. The highest BCUT2D eigenvalue weighted by molar-refractivity contribution is 6.30. The molecule has 5 atom stereocenters. The highest BCUT2D eigenvalue weighted by atomic mass is 35.5. The van der Waals surface area contributed by atoms with E-state index < -0.39 is 11.0 Å². The molecule has 0 aromatic heterocycles. The van der Waals surface area contributed by atoms with Gasteiger partial charge in [0.05, 0.1) is 17.6 Å². The summed E-state index contributed by atoms with van der Waals surface area (Å²) in [5.74, 6) is -0.322. The molecule has 0 bridgehead atoms. The number of halogens is 1. The van der Waals surface area contributed by atoms with Gasteiger partial charge in [0.25, 0.3) is 0 Å². The first-order valence-electron chi connectivity index (χ1n) is 12.4. The second-order valence-electron chi connectivity index (χ2n) is 10.9. The zero-order valence-corrected chi connectivity index (χ0v) is 20.5. The fourth-order valence-electron chi connectivity index (χ4n) is 6.10. The third-order valence-corrected chi connectivity index (χ3v) is 8.52. The first kappa shape index (κ1) is 24.5. The summed E-state index contributed by atoms with van der Waals surface area (Å²) in [5.41, 5.74) is -0.759. The Kier molecular flexibility index (Phi) is 7.09. The van der Waals surface area contributed by atoms with Crippen molar-refractivity contribution in [1.29, 1.82) is 0 Å². The molecule has 3 N–H and O–H groups in total. The summed E-state index contributed by atoms with van der Waals surface area (Å²) in [5, 5.41) is 25.2. The number of hydrogen-bond donors (Lipinski definition) is 3. The van der Waals surface area contributed by atoms with Crippen LogP contribution in [0.1, 0.15) is 70.8 Å². The maximum absolute atomic E-state index is 13.6. The van der Waals surface area contributed by atoms with Crippen LogP contribution in [-0.2, 0) is 15.2 Å². The second kappa shape index (κ2) is 9.55. The SMILES string of the molecule is CC1(C)CN(C(=O)[C@H]2CCCC[C@H]2NC(=O)[C@H]2CC[C@@H](O)C2)CC[C@]1(O)c1ccc(Cl)cc1. The molecule has 1 saturated heterocycles. The maximum Gasteiger partial charge on any atom is 0.227 e. The summed E-state index contributed by atoms with van der Waals surface area (Å²) < 4.78 is 0. The van der Waals surface area contributed by atoms with Crippen LogP contribution in [0.3, 0.4) is 0 Å². The van der Waals surface area contributed by atoms with Crippen molar-refractivity contribution >= 4 is 23.4 Å². The molecule has 1 aromatic carbocycles. The van der Waals surface area contributed by atoms with Crippen molar-refractivity contribution in [2.24, 2.45) is 17.3 Å². The lowest BCUT2D eigenvalue weighted by Crippen LogP contribution is -2.59. The lowest BCUT2D eigenvalue weighted by molar-refractivity contribution is -0.158. The number of carbonyl (C=O) groups is 2. The van der Waals surface area contributed by atoms with Crippen LogP contribution in [0, 0.1) is 17.3 Å². The number of nitrogens with one attached hydrogen (secondary N) is 1. The van der Waals surface area contributed by atoms with Gasteiger partial charge in [0, 0.05) is 35.5 Å². The number of likely N-dealkylation sites (tertiary alicyclic amines) is 1. The highest BCUT2D eigenvalue weighted by Crippen LogP contribution is 2.46. The van der Waals surface area contributed by atoms with E-state index in [4.69, 9.17) is 11.6 Å². The van der Waals surface area contributed by atoms with Gasteiger partial charge in [-0.3, -0.25) is 9.59 Å². The minimum Gasteiger partial charge on any atom is -0.393 e. The monoisotopic (exact) mass is 476 g/mol. The van der Waals surface area contributed by atoms with Gasteiger partial charge in [-0.25, -0.2) is 0 Å². The van der Waals surface area contributed by atoms with Crippen molar-refractivity contribution in [1.82, 2.24) is 10.2 Å². The van der Waals surface area contributed by atoms with E-state index in [1.165, 1.54) is 0 Å². The fraction of sp³-hybridized carbons (Fsp3) is 0.692. The van der Waals surface area contributed by atoms with E-state index in [1.807, 2.05) is 30.9 Å². The summed E-state index contributed by atoms with van der Waals surface area (Å²) >= 11 is 6.04. The minimum atomic E-state index is -1.04. The molecule has 33 heavy (non-hydrogen) atoms. The first-order chi connectivity index (χ1) is 15.6.